The van der Waals surface area contributed by atoms with E-state index in [-0.39, 0.29) is 16.4 Å². The summed E-state index contributed by atoms with van der Waals surface area (Å²) >= 11 is 0. The van der Waals surface area contributed by atoms with Crippen molar-refractivity contribution in [3.63, 3.8) is 0 Å². The molecule has 0 unspecified atom stereocenters. The maximum atomic E-state index is 12.5. The maximum absolute atomic E-state index is 12.5. The SMILES string of the molecule is O=C(O)c1cnn(-c2cccc(NS(=O)(=O)c3ccccc3)c2)c1C1CC1. The highest BCUT2D eigenvalue weighted by atomic mass is 32.2. The van der Waals surface area contributed by atoms with E-state index in [1.807, 2.05) is 0 Å². The standard InChI is InChI=1S/C19H17N3O4S/c23-19(24)17-12-20-22(18(17)13-9-10-13)15-6-4-5-14(11-15)21-27(25,26)16-7-2-1-3-8-16/h1-8,11-13,21H,9-10H2,(H,23,24). The number of aromatic nitrogens is 2. The second-order valence-corrected chi connectivity index (χ2v) is 8.09. The number of nitrogens with one attached hydrogen (secondary N) is 1. The Labute approximate surface area is 156 Å². The number of sulfonamides is 1. The molecule has 0 saturated heterocycles. The third kappa shape index (κ3) is 3.43. The first-order valence-corrected chi connectivity index (χ1v) is 9.93. The monoisotopic (exact) mass is 383 g/mol. The number of hydrogen-bond donors (Lipinski definition) is 2. The Kier molecular flexibility index (Phi) is 4.19. The molecular formula is C19H17N3O4S. The summed E-state index contributed by atoms with van der Waals surface area (Å²) in [6.45, 7) is 0. The zero-order valence-electron chi connectivity index (χ0n) is 14.2. The lowest BCUT2D eigenvalue weighted by atomic mass is 10.1. The molecule has 7 nitrogen and oxygen atoms in total. The molecular weight excluding hydrogens is 366 g/mol. The molecule has 2 aromatic carbocycles. The van der Waals surface area contributed by atoms with Crippen LogP contribution in [0.3, 0.4) is 0 Å². The van der Waals surface area contributed by atoms with Crippen LogP contribution in [0.1, 0.15) is 34.8 Å². The van der Waals surface area contributed by atoms with Crippen molar-refractivity contribution >= 4 is 21.7 Å². The highest BCUT2D eigenvalue weighted by Crippen LogP contribution is 2.42. The highest BCUT2D eigenvalue weighted by Gasteiger charge is 2.32. The summed E-state index contributed by atoms with van der Waals surface area (Å²) in [5, 5.41) is 13.6. The number of carboxylic acids is 1. The Balaban J connectivity index is 1.69. The van der Waals surface area contributed by atoms with Gasteiger partial charge in [-0.1, -0.05) is 24.3 Å². The number of nitrogens with zero attached hydrogens (tertiary/aromatic N) is 2. The van der Waals surface area contributed by atoms with E-state index in [1.54, 1.807) is 47.1 Å². The molecule has 1 aromatic heterocycles. The zero-order chi connectivity index (χ0) is 19.0. The predicted octanol–water partition coefficient (Wildman–Crippen LogP) is 3.25. The molecule has 27 heavy (non-hydrogen) atoms. The molecule has 8 heteroatoms. The molecule has 138 valence electrons. The van der Waals surface area contributed by atoms with Crippen LogP contribution < -0.4 is 4.72 Å². The third-order valence-electron chi connectivity index (χ3n) is 4.40. The van der Waals surface area contributed by atoms with Gasteiger partial charge in [-0.15, -0.1) is 0 Å². The van der Waals surface area contributed by atoms with Crippen molar-refractivity contribution < 1.29 is 18.3 Å². The largest absolute Gasteiger partial charge is 0.478 e. The van der Waals surface area contributed by atoms with Crippen molar-refractivity contribution in [1.29, 1.82) is 0 Å². The Bertz CT molecular complexity index is 1100. The second kappa shape index (κ2) is 6.55. The molecule has 0 atom stereocenters. The van der Waals surface area contributed by atoms with Crippen LogP contribution in [-0.4, -0.2) is 29.3 Å². The molecule has 4 rings (SSSR count). The smallest absolute Gasteiger partial charge is 0.339 e. The summed E-state index contributed by atoms with van der Waals surface area (Å²) < 4.78 is 29.2. The van der Waals surface area contributed by atoms with E-state index in [1.165, 1.54) is 18.3 Å². The number of carbonyl (C=O) groups is 1. The molecule has 0 aliphatic heterocycles. The number of carboxylic acid groups (broad SMARTS) is 1. The van der Waals surface area contributed by atoms with Crippen molar-refractivity contribution in [3.05, 3.63) is 72.1 Å². The first-order chi connectivity index (χ1) is 13.0. The Morgan fingerprint density at radius 1 is 1.11 bits per heavy atom. The van der Waals surface area contributed by atoms with Gasteiger partial charge in [0, 0.05) is 5.92 Å². The van der Waals surface area contributed by atoms with Crippen LogP contribution in [0.15, 0.2) is 65.7 Å². The summed E-state index contributed by atoms with van der Waals surface area (Å²) in [7, 11) is -3.71. The van der Waals surface area contributed by atoms with E-state index >= 15 is 0 Å². The van der Waals surface area contributed by atoms with Crippen molar-refractivity contribution in [1.82, 2.24) is 9.78 Å². The summed E-state index contributed by atoms with van der Waals surface area (Å²) in [5.41, 5.74) is 1.83. The average molecular weight is 383 g/mol. The first-order valence-electron chi connectivity index (χ1n) is 8.45. The molecule has 0 spiro atoms. The minimum absolute atomic E-state index is 0.168. The van der Waals surface area contributed by atoms with Crippen LogP contribution in [0.5, 0.6) is 0 Å². The molecule has 1 saturated carbocycles. The Morgan fingerprint density at radius 2 is 1.85 bits per heavy atom. The minimum Gasteiger partial charge on any atom is -0.478 e. The summed E-state index contributed by atoms with van der Waals surface area (Å²) in [4.78, 5) is 11.6. The lowest BCUT2D eigenvalue weighted by Crippen LogP contribution is -2.13. The number of anilines is 1. The molecule has 0 radical (unpaired) electrons. The lowest BCUT2D eigenvalue weighted by Gasteiger charge is -2.11. The van der Waals surface area contributed by atoms with Gasteiger partial charge in [0.05, 0.1) is 28.2 Å². The van der Waals surface area contributed by atoms with E-state index in [0.717, 1.165) is 12.8 Å². The lowest BCUT2D eigenvalue weighted by molar-refractivity contribution is 0.0695. The van der Waals surface area contributed by atoms with Crippen LogP contribution in [0.25, 0.3) is 5.69 Å². The van der Waals surface area contributed by atoms with E-state index < -0.39 is 16.0 Å². The fraction of sp³-hybridized carbons (Fsp3) is 0.158. The predicted molar refractivity (Wildman–Crippen MR) is 99.7 cm³/mol. The molecule has 2 N–H and O–H groups in total. The van der Waals surface area contributed by atoms with E-state index in [2.05, 4.69) is 9.82 Å². The van der Waals surface area contributed by atoms with Crippen molar-refractivity contribution in [3.8, 4) is 5.69 Å². The van der Waals surface area contributed by atoms with Crippen LogP contribution in [-0.2, 0) is 10.0 Å². The Morgan fingerprint density at radius 3 is 2.52 bits per heavy atom. The van der Waals surface area contributed by atoms with Gasteiger partial charge in [-0.05, 0) is 43.2 Å². The number of benzene rings is 2. The van der Waals surface area contributed by atoms with E-state index in [4.69, 9.17) is 0 Å². The fourth-order valence-electron chi connectivity index (χ4n) is 2.99. The van der Waals surface area contributed by atoms with Crippen molar-refractivity contribution in [2.75, 3.05) is 4.72 Å². The zero-order valence-corrected chi connectivity index (χ0v) is 15.1. The van der Waals surface area contributed by atoms with E-state index in [0.29, 0.717) is 17.1 Å². The molecule has 1 heterocycles. The third-order valence-corrected chi connectivity index (χ3v) is 5.79. The van der Waals surface area contributed by atoms with Gasteiger partial charge < -0.3 is 5.11 Å². The van der Waals surface area contributed by atoms with Gasteiger partial charge in [0.1, 0.15) is 5.56 Å². The highest BCUT2D eigenvalue weighted by molar-refractivity contribution is 7.92. The van der Waals surface area contributed by atoms with Gasteiger partial charge in [0.2, 0.25) is 0 Å². The van der Waals surface area contributed by atoms with Crippen LogP contribution in [0.4, 0.5) is 5.69 Å². The van der Waals surface area contributed by atoms with Gasteiger partial charge in [-0.25, -0.2) is 17.9 Å². The maximum Gasteiger partial charge on any atom is 0.339 e. The number of rotatable bonds is 6. The molecule has 3 aromatic rings. The van der Waals surface area contributed by atoms with Gasteiger partial charge in [0.25, 0.3) is 10.0 Å². The summed E-state index contributed by atoms with van der Waals surface area (Å²) in [5.74, 6) is -0.840. The summed E-state index contributed by atoms with van der Waals surface area (Å²) in [6, 6.07) is 14.9. The van der Waals surface area contributed by atoms with Crippen LogP contribution >= 0.6 is 0 Å². The van der Waals surface area contributed by atoms with Crippen molar-refractivity contribution in [2.24, 2.45) is 0 Å². The number of hydrogen-bond acceptors (Lipinski definition) is 4. The Hall–Kier alpha value is -3.13. The molecule has 0 bridgehead atoms. The quantitative estimate of drug-likeness (QED) is 0.680. The minimum atomic E-state index is -3.71. The topological polar surface area (TPSA) is 101 Å². The van der Waals surface area contributed by atoms with Crippen LogP contribution in [0.2, 0.25) is 0 Å². The average Bonchev–Trinajstić information content (AvgIpc) is 3.39. The molecule has 1 aliphatic rings. The number of aromatic carboxylic acids is 1. The van der Waals surface area contributed by atoms with Gasteiger partial charge in [-0.3, -0.25) is 4.72 Å². The summed E-state index contributed by atoms with van der Waals surface area (Å²) in [6.07, 6.45) is 3.19. The normalized spacial score (nSPS) is 14.1. The fourth-order valence-corrected chi connectivity index (χ4v) is 4.06. The first kappa shape index (κ1) is 17.3. The second-order valence-electron chi connectivity index (χ2n) is 6.40. The molecule has 0 amide bonds. The van der Waals surface area contributed by atoms with Gasteiger partial charge in [0.15, 0.2) is 0 Å². The van der Waals surface area contributed by atoms with Gasteiger partial charge >= 0.3 is 5.97 Å². The molecule has 1 aliphatic carbocycles. The van der Waals surface area contributed by atoms with Crippen molar-refractivity contribution in [2.45, 2.75) is 23.7 Å². The van der Waals surface area contributed by atoms with Gasteiger partial charge in [-0.2, -0.15) is 5.10 Å². The van der Waals surface area contributed by atoms with Crippen LogP contribution in [0, 0.1) is 0 Å². The molecule has 1 fully saturated rings. The van der Waals surface area contributed by atoms with E-state index in [9.17, 15) is 18.3 Å².